The zero-order chi connectivity index (χ0) is 16.0. The average Bonchev–Trinajstić information content (AvgIpc) is 2.91. The molecule has 6 nitrogen and oxygen atoms in total. The van der Waals surface area contributed by atoms with Crippen LogP contribution in [0.5, 0.6) is 0 Å². The Morgan fingerprint density at radius 2 is 2.09 bits per heavy atom. The molecule has 3 aromatic rings. The van der Waals surface area contributed by atoms with Crippen LogP contribution in [0.3, 0.4) is 0 Å². The monoisotopic (exact) mass is 328 g/mol. The van der Waals surface area contributed by atoms with E-state index >= 15 is 0 Å². The number of amides is 1. The van der Waals surface area contributed by atoms with E-state index in [2.05, 4.69) is 15.0 Å². The van der Waals surface area contributed by atoms with Crippen LogP contribution in [0, 0.1) is 0 Å². The Balaban J connectivity index is 1.49. The van der Waals surface area contributed by atoms with E-state index in [-0.39, 0.29) is 16.8 Å². The van der Waals surface area contributed by atoms with Crippen molar-refractivity contribution in [2.75, 3.05) is 13.1 Å². The van der Waals surface area contributed by atoms with Gasteiger partial charge in [-0.25, -0.2) is 4.98 Å². The molecule has 4 rings (SSSR count). The summed E-state index contributed by atoms with van der Waals surface area (Å²) in [6, 6.07) is 9.25. The largest absolute Gasteiger partial charge is 0.342 e. The third-order valence-corrected chi connectivity index (χ3v) is 4.35. The smallest absolute Gasteiger partial charge is 0.266 e. The molecule has 1 saturated heterocycles. The highest BCUT2D eigenvalue weighted by Gasteiger charge is 2.34. The second-order valence-corrected chi connectivity index (χ2v) is 6.02. The lowest BCUT2D eigenvalue weighted by atomic mass is 9.98. The molecule has 0 atom stereocenters. The first-order valence-corrected chi connectivity index (χ1v) is 7.62. The molecule has 1 aromatic carbocycles. The number of para-hydroxylation sites is 2. The standard InChI is InChI=1S/C16H13ClN4O2/c17-11-5-9(6-18-15(11)22)16(23)21-7-10(8-21)14-19-12-3-1-2-4-13(12)20-14/h1-6,10H,7-8H2,(H,18,22)(H,19,20). The second kappa shape index (κ2) is 5.24. The van der Waals surface area contributed by atoms with Crippen LogP contribution in [-0.4, -0.2) is 38.8 Å². The molecule has 0 saturated carbocycles. The molecule has 0 aliphatic carbocycles. The Kier molecular flexibility index (Phi) is 3.20. The SMILES string of the molecule is O=C(c1c[nH]c(=O)c(Cl)c1)N1CC(c2nc3ccccc3[nH]2)C1. The van der Waals surface area contributed by atoms with Crippen LogP contribution in [0.2, 0.25) is 5.02 Å². The maximum Gasteiger partial charge on any atom is 0.266 e. The molecule has 0 bridgehead atoms. The molecule has 7 heteroatoms. The van der Waals surface area contributed by atoms with Crippen LogP contribution in [-0.2, 0) is 0 Å². The van der Waals surface area contributed by atoms with Crippen molar-refractivity contribution in [1.82, 2.24) is 19.9 Å². The van der Waals surface area contributed by atoms with Crippen molar-refractivity contribution >= 4 is 28.5 Å². The summed E-state index contributed by atoms with van der Waals surface area (Å²) < 4.78 is 0. The molecule has 1 fully saturated rings. The molecule has 2 aromatic heterocycles. The van der Waals surface area contributed by atoms with Crippen molar-refractivity contribution in [3.8, 4) is 0 Å². The number of rotatable bonds is 2. The van der Waals surface area contributed by atoms with Gasteiger partial charge in [0.15, 0.2) is 0 Å². The normalized spacial score (nSPS) is 14.9. The summed E-state index contributed by atoms with van der Waals surface area (Å²) in [7, 11) is 0. The Morgan fingerprint density at radius 1 is 1.30 bits per heavy atom. The van der Waals surface area contributed by atoms with E-state index in [1.165, 1.54) is 12.3 Å². The van der Waals surface area contributed by atoms with Crippen molar-refractivity contribution in [3.63, 3.8) is 0 Å². The lowest BCUT2D eigenvalue weighted by Gasteiger charge is -2.38. The fourth-order valence-corrected chi connectivity index (χ4v) is 2.92. The minimum Gasteiger partial charge on any atom is -0.342 e. The molecule has 0 unspecified atom stereocenters. The van der Waals surface area contributed by atoms with E-state index in [0.717, 1.165) is 16.9 Å². The number of halogens is 1. The average molecular weight is 329 g/mol. The number of hydrogen-bond donors (Lipinski definition) is 2. The fraction of sp³-hybridized carbons (Fsp3) is 0.188. The molecule has 23 heavy (non-hydrogen) atoms. The molecule has 0 radical (unpaired) electrons. The van der Waals surface area contributed by atoms with E-state index in [1.54, 1.807) is 4.90 Å². The number of pyridine rings is 1. The Labute approximate surface area is 136 Å². The number of aromatic nitrogens is 3. The van der Waals surface area contributed by atoms with E-state index in [0.29, 0.717) is 18.7 Å². The van der Waals surface area contributed by atoms with Gasteiger partial charge in [0.25, 0.3) is 11.5 Å². The van der Waals surface area contributed by atoms with Gasteiger partial charge in [-0.05, 0) is 18.2 Å². The summed E-state index contributed by atoms with van der Waals surface area (Å²) in [4.78, 5) is 35.6. The third kappa shape index (κ3) is 2.41. The topological polar surface area (TPSA) is 81.8 Å². The van der Waals surface area contributed by atoms with Crippen LogP contribution < -0.4 is 5.56 Å². The van der Waals surface area contributed by atoms with E-state index in [9.17, 15) is 9.59 Å². The number of aromatic amines is 2. The molecule has 3 heterocycles. The number of carbonyl (C=O) groups excluding carboxylic acids is 1. The molecular weight excluding hydrogens is 316 g/mol. The lowest BCUT2D eigenvalue weighted by Crippen LogP contribution is -2.48. The van der Waals surface area contributed by atoms with Crippen LogP contribution in [0.4, 0.5) is 0 Å². The number of carbonyl (C=O) groups is 1. The highest BCUT2D eigenvalue weighted by atomic mass is 35.5. The Morgan fingerprint density at radius 3 is 2.83 bits per heavy atom. The summed E-state index contributed by atoms with van der Waals surface area (Å²) in [5, 5.41) is 0.0187. The maximum absolute atomic E-state index is 12.4. The summed E-state index contributed by atoms with van der Waals surface area (Å²) in [5.74, 6) is 0.954. The number of nitrogens with one attached hydrogen (secondary N) is 2. The third-order valence-electron chi connectivity index (χ3n) is 4.07. The second-order valence-electron chi connectivity index (χ2n) is 5.61. The number of H-pyrrole nitrogens is 2. The number of likely N-dealkylation sites (tertiary alicyclic amines) is 1. The van der Waals surface area contributed by atoms with Crippen molar-refractivity contribution in [2.45, 2.75) is 5.92 Å². The summed E-state index contributed by atoms with van der Waals surface area (Å²) in [6.07, 6.45) is 1.39. The van der Waals surface area contributed by atoms with Crippen molar-refractivity contribution in [2.24, 2.45) is 0 Å². The van der Waals surface area contributed by atoms with Gasteiger partial charge in [0.05, 0.1) is 22.5 Å². The highest BCUT2D eigenvalue weighted by Crippen LogP contribution is 2.28. The van der Waals surface area contributed by atoms with Gasteiger partial charge in [0.2, 0.25) is 0 Å². The number of fused-ring (bicyclic) bond motifs is 1. The zero-order valence-corrected chi connectivity index (χ0v) is 12.8. The van der Waals surface area contributed by atoms with Crippen LogP contribution >= 0.6 is 11.6 Å². The van der Waals surface area contributed by atoms with Crippen LogP contribution in [0.15, 0.2) is 41.3 Å². The first-order valence-electron chi connectivity index (χ1n) is 7.24. The minimum atomic E-state index is -0.396. The van der Waals surface area contributed by atoms with Crippen LogP contribution in [0.25, 0.3) is 11.0 Å². The molecular formula is C16H13ClN4O2. The first-order chi connectivity index (χ1) is 11.1. The van der Waals surface area contributed by atoms with Gasteiger partial charge >= 0.3 is 0 Å². The predicted octanol–water partition coefficient (Wildman–Crippen LogP) is 2.14. The van der Waals surface area contributed by atoms with E-state index in [4.69, 9.17) is 11.6 Å². The van der Waals surface area contributed by atoms with Crippen molar-refractivity contribution < 1.29 is 4.79 Å². The summed E-state index contributed by atoms with van der Waals surface area (Å²) >= 11 is 5.76. The molecule has 1 aliphatic heterocycles. The molecule has 2 N–H and O–H groups in total. The molecule has 0 spiro atoms. The van der Waals surface area contributed by atoms with Gasteiger partial charge in [0.1, 0.15) is 10.8 Å². The van der Waals surface area contributed by atoms with Crippen LogP contribution in [0.1, 0.15) is 22.1 Å². The van der Waals surface area contributed by atoms with Gasteiger partial charge in [0, 0.05) is 19.3 Å². The summed E-state index contributed by atoms with van der Waals surface area (Å²) in [5.41, 5.74) is 1.92. The lowest BCUT2D eigenvalue weighted by molar-refractivity contribution is 0.0595. The Hall–Kier alpha value is -2.60. The van der Waals surface area contributed by atoms with Gasteiger partial charge in [-0.15, -0.1) is 0 Å². The van der Waals surface area contributed by atoms with Crippen molar-refractivity contribution in [1.29, 1.82) is 0 Å². The molecule has 1 amide bonds. The quantitative estimate of drug-likeness (QED) is 0.756. The number of hydrogen-bond acceptors (Lipinski definition) is 3. The number of imidazole rings is 1. The van der Waals surface area contributed by atoms with E-state index < -0.39 is 5.56 Å². The maximum atomic E-state index is 12.4. The number of nitrogens with zero attached hydrogens (tertiary/aromatic N) is 2. The minimum absolute atomic E-state index is 0.0187. The highest BCUT2D eigenvalue weighted by molar-refractivity contribution is 6.30. The van der Waals surface area contributed by atoms with Gasteiger partial charge in [-0.2, -0.15) is 0 Å². The number of benzene rings is 1. The predicted molar refractivity (Wildman–Crippen MR) is 86.8 cm³/mol. The molecule has 1 aliphatic rings. The summed E-state index contributed by atoms with van der Waals surface area (Å²) in [6.45, 7) is 1.19. The van der Waals surface area contributed by atoms with Gasteiger partial charge in [-0.3, -0.25) is 9.59 Å². The zero-order valence-electron chi connectivity index (χ0n) is 12.0. The molecule has 116 valence electrons. The Bertz CT molecular complexity index is 923. The van der Waals surface area contributed by atoms with Crippen molar-refractivity contribution in [3.05, 3.63) is 63.3 Å². The van der Waals surface area contributed by atoms with E-state index in [1.807, 2.05) is 24.3 Å². The van der Waals surface area contributed by atoms with Gasteiger partial charge < -0.3 is 14.9 Å². The van der Waals surface area contributed by atoms with Gasteiger partial charge in [-0.1, -0.05) is 23.7 Å². The first kappa shape index (κ1) is 14.0. The fourth-order valence-electron chi connectivity index (χ4n) is 2.75.